The lowest BCUT2D eigenvalue weighted by molar-refractivity contribution is -0.134. The number of aliphatic hydroxyl groups is 2. The number of amides is 1. The molecule has 5 heteroatoms. The molecule has 86 valence electrons. The summed E-state index contributed by atoms with van der Waals surface area (Å²) in [6, 6.07) is 7.22. The molecule has 4 N–H and O–H groups in total. The first-order chi connectivity index (χ1) is 7.65. The zero-order chi connectivity index (χ0) is 11.6. The third-order valence-corrected chi connectivity index (χ3v) is 2.69. The summed E-state index contributed by atoms with van der Waals surface area (Å²) in [5.41, 5.74) is -0.153. The van der Waals surface area contributed by atoms with Crippen molar-refractivity contribution in [2.24, 2.45) is 0 Å². The zero-order valence-electron chi connectivity index (χ0n) is 8.73. The Hall–Kier alpha value is -1.59. The van der Waals surface area contributed by atoms with Crippen molar-refractivity contribution in [3.05, 3.63) is 24.3 Å². The average Bonchev–Trinajstić information content (AvgIpc) is 2.39. The van der Waals surface area contributed by atoms with Crippen LogP contribution in [0.2, 0.25) is 0 Å². The van der Waals surface area contributed by atoms with Gasteiger partial charge in [0.25, 0.3) is 5.91 Å². The second kappa shape index (κ2) is 4.11. The Morgan fingerprint density at radius 1 is 1.31 bits per heavy atom. The van der Waals surface area contributed by atoms with Crippen molar-refractivity contribution in [2.45, 2.75) is 12.0 Å². The molecule has 5 nitrogen and oxygen atoms in total. The van der Waals surface area contributed by atoms with Crippen LogP contribution in [0.5, 0.6) is 0 Å². The molecular weight excluding hydrogens is 208 g/mol. The van der Waals surface area contributed by atoms with Gasteiger partial charge in [0.05, 0.1) is 17.9 Å². The average molecular weight is 222 g/mol. The van der Waals surface area contributed by atoms with E-state index in [4.69, 9.17) is 5.11 Å². The Morgan fingerprint density at radius 3 is 2.69 bits per heavy atom. The van der Waals surface area contributed by atoms with Crippen LogP contribution in [-0.4, -0.2) is 34.9 Å². The highest BCUT2D eigenvalue weighted by Gasteiger charge is 2.37. The van der Waals surface area contributed by atoms with E-state index < -0.39 is 11.5 Å². The SMILES string of the molecule is O=C1Nc2ccccc2NCC1(O)CCO. The number of fused-ring (bicyclic) bond motifs is 1. The molecule has 1 unspecified atom stereocenters. The number of rotatable bonds is 2. The fraction of sp³-hybridized carbons (Fsp3) is 0.364. The number of carbonyl (C=O) groups excluding carboxylic acids is 1. The van der Waals surface area contributed by atoms with E-state index in [1.54, 1.807) is 12.1 Å². The smallest absolute Gasteiger partial charge is 0.258 e. The van der Waals surface area contributed by atoms with Crippen LogP contribution in [0.15, 0.2) is 24.3 Å². The van der Waals surface area contributed by atoms with E-state index in [0.29, 0.717) is 5.69 Å². The molecule has 1 atom stereocenters. The van der Waals surface area contributed by atoms with Gasteiger partial charge in [-0.3, -0.25) is 4.79 Å². The minimum Gasteiger partial charge on any atom is -0.396 e. The van der Waals surface area contributed by atoms with Gasteiger partial charge in [-0.1, -0.05) is 12.1 Å². The lowest BCUT2D eigenvalue weighted by Crippen LogP contribution is -2.47. The van der Waals surface area contributed by atoms with Crippen LogP contribution in [-0.2, 0) is 4.79 Å². The standard InChI is InChI=1S/C11H14N2O3/c14-6-5-11(16)7-12-8-3-1-2-4-9(8)13-10(11)15/h1-4,12,14,16H,5-7H2,(H,13,15). The Kier molecular flexibility index (Phi) is 2.80. The molecule has 0 spiro atoms. The molecule has 0 saturated heterocycles. The number of β-amino-alcohol motifs (C(OH)–C–C–N with tert-alkyl or cyclic N) is 1. The summed E-state index contributed by atoms with van der Waals surface area (Å²) in [5.74, 6) is -0.487. The Labute approximate surface area is 93.1 Å². The topological polar surface area (TPSA) is 81.6 Å². The van der Waals surface area contributed by atoms with Crippen LogP contribution in [0, 0.1) is 0 Å². The number of nitrogens with one attached hydrogen (secondary N) is 2. The van der Waals surface area contributed by atoms with Gasteiger partial charge >= 0.3 is 0 Å². The predicted octanol–water partition coefficient (Wildman–Crippen LogP) is 0.164. The number of hydrogen-bond acceptors (Lipinski definition) is 4. The van der Waals surface area contributed by atoms with Crippen molar-refractivity contribution < 1.29 is 15.0 Å². The van der Waals surface area contributed by atoms with Crippen LogP contribution >= 0.6 is 0 Å². The van der Waals surface area contributed by atoms with Crippen molar-refractivity contribution in [3.63, 3.8) is 0 Å². The summed E-state index contributed by atoms with van der Waals surface area (Å²) < 4.78 is 0. The van der Waals surface area contributed by atoms with Gasteiger partial charge in [0.1, 0.15) is 0 Å². The molecule has 0 saturated carbocycles. The van der Waals surface area contributed by atoms with E-state index in [0.717, 1.165) is 5.69 Å². The van der Waals surface area contributed by atoms with Gasteiger partial charge in [-0.25, -0.2) is 0 Å². The van der Waals surface area contributed by atoms with Crippen molar-refractivity contribution in [3.8, 4) is 0 Å². The zero-order valence-corrected chi connectivity index (χ0v) is 8.73. The first kappa shape index (κ1) is 10.9. The second-order valence-electron chi connectivity index (χ2n) is 3.86. The van der Waals surface area contributed by atoms with Gasteiger partial charge in [0.2, 0.25) is 0 Å². The molecule has 0 radical (unpaired) electrons. The minimum absolute atomic E-state index is 0.0137. The van der Waals surface area contributed by atoms with Gasteiger partial charge in [0.15, 0.2) is 5.60 Å². The molecular formula is C11H14N2O3. The molecule has 1 aromatic rings. The fourth-order valence-electron chi connectivity index (χ4n) is 1.69. The molecule has 0 aliphatic carbocycles. The van der Waals surface area contributed by atoms with E-state index in [-0.39, 0.29) is 19.6 Å². The maximum Gasteiger partial charge on any atom is 0.258 e. The minimum atomic E-state index is -1.56. The van der Waals surface area contributed by atoms with Gasteiger partial charge in [-0.2, -0.15) is 0 Å². The fourth-order valence-corrected chi connectivity index (χ4v) is 1.69. The van der Waals surface area contributed by atoms with Crippen LogP contribution < -0.4 is 10.6 Å². The van der Waals surface area contributed by atoms with Crippen LogP contribution in [0.25, 0.3) is 0 Å². The molecule has 2 rings (SSSR count). The van der Waals surface area contributed by atoms with E-state index >= 15 is 0 Å². The van der Waals surface area contributed by atoms with Crippen molar-refractivity contribution in [2.75, 3.05) is 23.8 Å². The van der Waals surface area contributed by atoms with E-state index in [9.17, 15) is 9.90 Å². The maximum atomic E-state index is 11.8. The molecule has 1 aromatic carbocycles. The normalized spacial score (nSPS) is 24.0. The molecule has 1 aliphatic rings. The monoisotopic (exact) mass is 222 g/mol. The highest BCUT2D eigenvalue weighted by molar-refractivity contribution is 6.01. The quantitative estimate of drug-likeness (QED) is 0.574. The van der Waals surface area contributed by atoms with Gasteiger partial charge in [-0.15, -0.1) is 0 Å². The largest absolute Gasteiger partial charge is 0.396 e. The molecule has 1 aliphatic heterocycles. The molecule has 1 amide bonds. The Morgan fingerprint density at radius 2 is 2.00 bits per heavy atom. The summed E-state index contributed by atoms with van der Waals surface area (Å²) in [5, 5.41) is 24.5. The summed E-state index contributed by atoms with van der Waals surface area (Å²) in [6.07, 6.45) is 0.0137. The van der Waals surface area contributed by atoms with E-state index in [2.05, 4.69) is 10.6 Å². The van der Waals surface area contributed by atoms with Crippen molar-refractivity contribution in [1.82, 2.24) is 0 Å². The third kappa shape index (κ3) is 1.87. The van der Waals surface area contributed by atoms with Crippen LogP contribution in [0.3, 0.4) is 0 Å². The molecule has 0 aromatic heterocycles. The first-order valence-electron chi connectivity index (χ1n) is 5.13. The first-order valence-corrected chi connectivity index (χ1v) is 5.13. The molecule has 0 fully saturated rings. The predicted molar refractivity (Wildman–Crippen MR) is 60.2 cm³/mol. The summed E-state index contributed by atoms with van der Waals surface area (Å²) >= 11 is 0. The molecule has 1 heterocycles. The number of benzene rings is 1. The van der Waals surface area contributed by atoms with E-state index in [1.807, 2.05) is 12.1 Å². The molecule has 0 bridgehead atoms. The van der Waals surface area contributed by atoms with E-state index in [1.165, 1.54) is 0 Å². The third-order valence-electron chi connectivity index (χ3n) is 2.69. The van der Waals surface area contributed by atoms with Crippen LogP contribution in [0.4, 0.5) is 11.4 Å². The summed E-state index contributed by atoms with van der Waals surface area (Å²) in [7, 11) is 0. The lowest BCUT2D eigenvalue weighted by atomic mass is 9.99. The lowest BCUT2D eigenvalue weighted by Gasteiger charge is -2.23. The van der Waals surface area contributed by atoms with Gasteiger partial charge < -0.3 is 20.8 Å². The maximum absolute atomic E-state index is 11.8. The van der Waals surface area contributed by atoms with Crippen molar-refractivity contribution >= 4 is 17.3 Å². The summed E-state index contributed by atoms with van der Waals surface area (Å²) in [6.45, 7) is -0.141. The van der Waals surface area contributed by atoms with Crippen LogP contribution in [0.1, 0.15) is 6.42 Å². The number of anilines is 2. The number of aliphatic hydroxyl groups excluding tert-OH is 1. The number of hydrogen-bond donors (Lipinski definition) is 4. The number of carbonyl (C=O) groups is 1. The Balaban J connectivity index is 2.28. The number of para-hydroxylation sites is 2. The highest BCUT2D eigenvalue weighted by atomic mass is 16.3. The molecule has 16 heavy (non-hydrogen) atoms. The van der Waals surface area contributed by atoms with Crippen molar-refractivity contribution in [1.29, 1.82) is 0 Å². The second-order valence-corrected chi connectivity index (χ2v) is 3.86. The highest BCUT2D eigenvalue weighted by Crippen LogP contribution is 2.27. The van der Waals surface area contributed by atoms with Gasteiger partial charge in [-0.05, 0) is 12.1 Å². The summed E-state index contributed by atoms with van der Waals surface area (Å²) in [4.78, 5) is 11.8. The Bertz CT molecular complexity index is 408. The van der Waals surface area contributed by atoms with Gasteiger partial charge in [0, 0.05) is 13.0 Å².